The molecule has 1 saturated carbocycles. The van der Waals surface area contributed by atoms with Crippen molar-refractivity contribution in [1.82, 2.24) is 20.1 Å². The minimum Gasteiger partial charge on any atom is -0.419 e. The SMILES string of the molecule is Cc1csc(CN(C(=O)c2cccc(-c3nnc(C(C)(N)Cc4ccccc4)o3)c2)C2CC2)n1. The number of thiazole rings is 1. The van der Waals surface area contributed by atoms with Crippen LogP contribution in [0.1, 0.15) is 52.3 Å². The summed E-state index contributed by atoms with van der Waals surface area (Å²) in [6, 6.07) is 17.6. The van der Waals surface area contributed by atoms with Crippen molar-refractivity contribution >= 4 is 17.2 Å². The van der Waals surface area contributed by atoms with Crippen molar-refractivity contribution in [2.75, 3.05) is 0 Å². The highest BCUT2D eigenvalue weighted by molar-refractivity contribution is 7.09. The van der Waals surface area contributed by atoms with Crippen molar-refractivity contribution < 1.29 is 9.21 Å². The number of hydrogen-bond donors (Lipinski definition) is 1. The van der Waals surface area contributed by atoms with Crippen LogP contribution in [0.5, 0.6) is 0 Å². The Bertz CT molecular complexity index is 1290. The number of benzene rings is 2. The minimum atomic E-state index is -0.811. The van der Waals surface area contributed by atoms with Gasteiger partial charge in [-0.1, -0.05) is 36.4 Å². The third-order valence-corrected chi connectivity index (χ3v) is 6.86. The van der Waals surface area contributed by atoms with Crippen LogP contribution < -0.4 is 5.73 Å². The van der Waals surface area contributed by atoms with Crippen LogP contribution >= 0.6 is 11.3 Å². The molecule has 1 atom stereocenters. The van der Waals surface area contributed by atoms with Gasteiger partial charge in [-0.25, -0.2) is 4.98 Å². The van der Waals surface area contributed by atoms with E-state index in [0.29, 0.717) is 35.9 Å². The normalized spacial score (nSPS) is 15.1. The summed E-state index contributed by atoms with van der Waals surface area (Å²) in [5, 5.41) is 11.4. The van der Waals surface area contributed by atoms with Gasteiger partial charge in [0, 0.05) is 28.2 Å². The summed E-state index contributed by atoms with van der Waals surface area (Å²) in [7, 11) is 0. The number of hydrogen-bond acceptors (Lipinski definition) is 7. The lowest BCUT2D eigenvalue weighted by Gasteiger charge is -2.21. The molecule has 0 aliphatic heterocycles. The van der Waals surface area contributed by atoms with Crippen molar-refractivity contribution in [3.63, 3.8) is 0 Å². The van der Waals surface area contributed by atoms with Crippen molar-refractivity contribution in [2.45, 2.75) is 51.2 Å². The third kappa shape index (κ3) is 4.93. The molecule has 1 aliphatic carbocycles. The molecule has 8 heteroatoms. The topological polar surface area (TPSA) is 98.1 Å². The average Bonchev–Trinajstić information content (AvgIpc) is 3.38. The van der Waals surface area contributed by atoms with E-state index in [1.807, 2.05) is 78.7 Å². The number of carbonyl (C=O) groups is 1. The Morgan fingerprint density at radius 1 is 1.18 bits per heavy atom. The van der Waals surface area contributed by atoms with Crippen LogP contribution in [0.25, 0.3) is 11.5 Å². The Kier molecular flexibility index (Phi) is 6.02. The van der Waals surface area contributed by atoms with Gasteiger partial charge in [0.2, 0.25) is 11.8 Å². The quantitative estimate of drug-likeness (QED) is 0.397. The first-order chi connectivity index (χ1) is 16.4. The first-order valence-corrected chi connectivity index (χ1v) is 12.3. The first kappa shape index (κ1) is 22.4. The van der Waals surface area contributed by atoms with Crippen LogP contribution in [0, 0.1) is 6.92 Å². The lowest BCUT2D eigenvalue weighted by Crippen LogP contribution is -2.35. The fourth-order valence-corrected chi connectivity index (χ4v) is 4.76. The predicted molar refractivity (Wildman–Crippen MR) is 131 cm³/mol. The number of nitrogens with zero attached hydrogens (tertiary/aromatic N) is 4. The second-order valence-electron chi connectivity index (χ2n) is 9.12. The number of aromatic nitrogens is 3. The van der Waals surface area contributed by atoms with Gasteiger partial charge in [-0.3, -0.25) is 4.79 Å². The Hall–Kier alpha value is -3.36. The number of carbonyl (C=O) groups excluding carboxylic acids is 1. The van der Waals surface area contributed by atoms with Gasteiger partial charge in [0.25, 0.3) is 5.91 Å². The fourth-order valence-electron chi connectivity index (χ4n) is 3.99. The maximum Gasteiger partial charge on any atom is 0.254 e. The summed E-state index contributed by atoms with van der Waals surface area (Å²) in [6.45, 7) is 4.38. The summed E-state index contributed by atoms with van der Waals surface area (Å²) in [5.74, 6) is 0.703. The molecule has 1 fully saturated rings. The van der Waals surface area contributed by atoms with Crippen LogP contribution in [0.2, 0.25) is 0 Å². The molecular formula is C26H27N5O2S. The van der Waals surface area contributed by atoms with E-state index in [1.54, 1.807) is 11.3 Å². The Labute approximate surface area is 202 Å². The standard InChI is InChI=1S/C26H27N5O2S/c1-17-16-34-22(28-17)15-31(21-11-12-21)24(32)20-10-6-9-19(13-20)23-29-30-25(33-23)26(2,27)14-18-7-4-3-5-8-18/h3-10,13,16,21H,11-12,14-15,27H2,1-2H3. The molecule has 1 unspecified atom stereocenters. The van der Waals surface area contributed by atoms with Crippen molar-refractivity contribution in [3.05, 3.63) is 87.7 Å². The lowest BCUT2D eigenvalue weighted by atomic mass is 9.94. The van der Waals surface area contributed by atoms with E-state index >= 15 is 0 Å². The molecule has 2 aromatic heterocycles. The molecule has 174 valence electrons. The van der Waals surface area contributed by atoms with Gasteiger partial charge in [0.05, 0.1) is 12.1 Å². The Morgan fingerprint density at radius 2 is 1.97 bits per heavy atom. The van der Waals surface area contributed by atoms with Crippen LogP contribution in [0.15, 0.2) is 64.4 Å². The smallest absolute Gasteiger partial charge is 0.254 e. The number of amides is 1. The second-order valence-corrected chi connectivity index (χ2v) is 10.1. The predicted octanol–water partition coefficient (Wildman–Crippen LogP) is 4.72. The van der Waals surface area contributed by atoms with Gasteiger partial charge in [0.15, 0.2) is 0 Å². The maximum absolute atomic E-state index is 13.4. The molecule has 0 radical (unpaired) electrons. The van der Waals surface area contributed by atoms with Crippen molar-refractivity contribution in [2.24, 2.45) is 5.73 Å². The molecule has 1 aliphatic rings. The van der Waals surface area contributed by atoms with Gasteiger partial charge in [-0.15, -0.1) is 21.5 Å². The van der Waals surface area contributed by atoms with Crippen LogP contribution in [0.3, 0.4) is 0 Å². The molecule has 0 spiro atoms. The number of rotatable bonds is 8. The molecule has 5 rings (SSSR count). The van der Waals surface area contributed by atoms with Crippen LogP contribution in [-0.2, 0) is 18.5 Å². The van der Waals surface area contributed by atoms with E-state index in [0.717, 1.165) is 29.1 Å². The third-order valence-electron chi connectivity index (χ3n) is 5.90. The van der Waals surface area contributed by atoms with E-state index in [-0.39, 0.29) is 11.9 Å². The van der Waals surface area contributed by atoms with Gasteiger partial charge >= 0.3 is 0 Å². The van der Waals surface area contributed by atoms with Crippen molar-refractivity contribution in [3.8, 4) is 11.5 Å². The molecule has 2 aromatic carbocycles. The minimum absolute atomic E-state index is 0.00955. The number of nitrogens with two attached hydrogens (primary N) is 1. The summed E-state index contributed by atoms with van der Waals surface area (Å²) in [6.07, 6.45) is 2.62. The zero-order valence-corrected chi connectivity index (χ0v) is 20.1. The van der Waals surface area contributed by atoms with Crippen LogP contribution in [0.4, 0.5) is 0 Å². The van der Waals surface area contributed by atoms with E-state index in [4.69, 9.17) is 10.2 Å². The summed E-state index contributed by atoms with van der Waals surface area (Å²) in [5.41, 5.74) is 9.09. The highest BCUT2D eigenvalue weighted by atomic mass is 32.1. The highest BCUT2D eigenvalue weighted by Crippen LogP contribution is 2.31. The summed E-state index contributed by atoms with van der Waals surface area (Å²) >= 11 is 1.59. The van der Waals surface area contributed by atoms with E-state index in [9.17, 15) is 4.79 Å². The molecule has 7 nitrogen and oxygen atoms in total. The molecule has 0 bridgehead atoms. The molecule has 34 heavy (non-hydrogen) atoms. The molecule has 2 N–H and O–H groups in total. The van der Waals surface area contributed by atoms with E-state index in [1.165, 1.54) is 0 Å². The van der Waals surface area contributed by atoms with Gasteiger partial charge in [-0.05, 0) is 56.9 Å². The Balaban J connectivity index is 1.36. The van der Waals surface area contributed by atoms with Crippen LogP contribution in [-0.4, -0.2) is 32.0 Å². The Morgan fingerprint density at radius 3 is 2.68 bits per heavy atom. The molecule has 0 saturated heterocycles. The zero-order chi connectivity index (χ0) is 23.7. The summed E-state index contributed by atoms with van der Waals surface area (Å²) in [4.78, 5) is 19.9. The second kappa shape index (κ2) is 9.12. The summed E-state index contributed by atoms with van der Waals surface area (Å²) < 4.78 is 5.98. The van der Waals surface area contributed by atoms with Crippen molar-refractivity contribution in [1.29, 1.82) is 0 Å². The largest absolute Gasteiger partial charge is 0.419 e. The average molecular weight is 474 g/mol. The zero-order valence-electron chi connectivity index (χ0n) is 19.3. The first-order valence-electron chi connectivity index (χ1n) is 11.4. The van der Waals surface area contributed by atoms with E-state index < -0.39 is 5.54 Å². The fraction of sp³-hybridized carbons (Fsp3) is 0.308. The molecular weight excluding hydrogens is 446 g/mol. The van der Waals surface area contributed by atoms with Gasteiger partial charge in [0.1, 0.15) is 5.01 Å². The van der Waals surface area contributed by atoms with E-state index in [2.05, 4.69) is 15.2 Å². The van der Waals surface area contributed by atoms with Gasteiger partial charge < -0.3 is 15.1 Å². The number of aryl methyl sites for hydroxylation is 1. The maximum atomic E-state index is 13.4. The molecule has 1 amide bonds. The lowest BCUT2D eigenvalue weighted by molar-refractivity contribution is 0.0729. The highest BCUT2D eigenvalue weighted by Gasteiger charge is 2.34. The monoisotopic (exact) mass is 473 g/mol. The van der Waals surface area contributed by atoms with Gasteiger partial charge in [-0.2, -0.15) is 0 Å². The molecule has 4 aromatic rings. The molecule has 2 heterocycles.